The third-order valence-corrected chi connectivity index (χ3v) is 4.60. The quantitative estimate of drug-likeness (QED) is 0.863. The number of rotatable bonds is 5. The van der Waals surface area contributed by atoms with E-state index >= 15 is 0 Å². The number of carbonyl (C=O) groups is 1. The molecule has 0 atom stereocenters. The van der Waals surface area contributed by atoms with Gasteiger partial charge in [0.05, 0.1) is 5.69 Å². The fraction of sp³-hybridized carbons (Fsp3) is 0.588. The second-order valence-corrected chi connectivity index (χ2v) is 6.25. The third kappa shape index (κ3) is 3.29. The van der Waals surface area contributed by atoms with Gasteiger partial charge < -0.3 is 5.32 Å². The number of carbonyl (C=O) groups excluding carboxylic acids is 1. The highest BCUT2D eigenvalue weighted by atomic mass is 16.1. The minimum Gasteiger partial charge on any atom is -0.352 e. The topological polar surface area (TPSA) is 59.3 Å². The molecule has 0 unspecified atom stereocenters. The van der Waals surface area contributed by atoms with Crippen LogP contribution >= 0.6 is 0 Å². The van der Waals surface area contributed by atoms with Crippen molar-refractivity contribution in [1.29, 1.82) is 0 Å². The van der Waals surface area contributed by atoms with Gasteiger partial charge in [-0.25, -0.2) is 9.50 Å². The van der Waals surface area contributed by atoms with E-state index in [1.54, 1.807) is 10.7 Å². The zero-order chi connectivity index (χ0) is 15.4. The van der Waals surface area contributed by atoms with E-state index < -0.39 is 0 Å². The second-order valence-electron chi connectivity index (χ2n) is 6.25. The summed E-state index contributed by atoms with van der Waals surface area (Å²) >= 11 is 0. The minimum atomic E-state index is -0.0603. The molecule has 0 aromatic carbocycles. The smallest absolute Gasteiger partial charge is 0.257 e. The van der Waals surface area contributed by atoms with Gasteiger partial charge in [-0.2, -0.15) is 5.10 Å². The van der Waals surface area contributed by atoms with Crippen molar-refractivity contribution >= 4 is 11.6 Å². The van der Waals surface area contributed by atoms with Crippen molar-refractivity contribution in [3.8, 4) is 0 Å². The minimum absolute atomic E-state index is 0.0603. The van der Waals surface area contributed by atoms with Crippen LogP contribution in [-0.4, -0.2) is 27.0 Å². The number of fused-ring (bicyclic) bond motifs is 1. The Balaban J connectivity index is 1.54. The van der Waals surface area contributed by atoms with Gasteiger partial charge in [-0.15, -0.1) is 0 Å². The summed E-state index contributed by atoms with van der Waals surface area (Å²) in [5, 5.41) is 7.35. The van der Waals surface area contributed by atoms with Crippen LogP contribution in [0.15, 0.2) is 18.5 Å². The lowest BCUT2D eigenvalue weighted by Crippen LogP contribution is -2.25. The van der Waals surface area contributed by atoms with Gasteiger partial charge in [-0.05, 0) is 31.7 Å². The summed E-state index contributed by atoms with van der Waals surface area (Å²) in [6, 6.07) is 1.81. The van der Waals surface area contributed by atoms with Crippen molar-refractivity contribution in [3.05, 3.63) is 29.7 Å². The highest BCUT2D eigenvalue weighted by molar-refractivity contribution is 6.00. The predicted molar refractivity (Wildman–Crippen MR) is 85.9 cm³/mol. The van der Waals surface area contributed by atoms with Crippen molar-refractivity contribution in [1.82, 2.24) is 19.9 Å². The molecule has 2 aromatic heterocycles. The van der Waals surface area contributed by atoms with Crippen molar-refractivity contribution in [2.45, 2.75) is 51.9 Å². The molecule has 1 N–H and O–H groups in total. The van der Waals surface area contributed by atoms with E-state index in [0.29, 0.717) is 11.2 Å². The molecule has 0 saturated heterocycles. The van der Waals surface area contributed by atoms with Gasteiger partial charge in [0.1, 0.15) is 5.56 Å². The first-order chi connectivity index (χ1) is 10.8. The van der Waals surface area contributed by atoms with E-state index in [4.69, 9.17) is 0 Å². The van der Waals surface area contributed by atoms with Crippen LogP contribution in [0, 0.1) is 12.8 Å². The molecule has 1 aliphatic carbocycles. The van der Waals surface area contributed by atoms with Crippen LogP contribution in [0.3, 0.4) is 0 Å². The van der Waals surface area contributed by atoms with Crippen LogP contribution < -0.4 is 5.32 Å². The molecule has 1 amide bonds. The number of nitrogens with zero attached hydrogens (tertiary/aromatic N) is 3. The van der Waals surface area contributed by atoms with Crippen LogP contribution in [0.25, 0.3) is 5.65 Å². The maximum absolute atomic E-state index is 12.4. The zero-order valence-corrected chi connectivity index (χ0v) is 13.2. The standard InChI is InChI=1S/C17H24N4O/c1-13-15(16-18-11-6-12-21(16)20-13)17(22)19-10-5-9-14-7-3-2-4-8-14/h6,11-12,14H,2-5,7-10H2,1H3,(H,19,22). The highest BCUT2D eigenvalue weighted by Crippen LogP contribution is 2.27. The van der Waals surface area contributed by atoms with Gasteiger partial charge in [0.25, 0.3) is 5.91 Å². The monoisotopic (exact) mass is 300 g/mol. The molecule has 5 nitrogen and oxygen atoms in total. The summed E-state index contributed by atoms with van der Waals surface area (Å²) in [6.07, 6.45) is 12.7. The number of amides is 1. The fourth-order valence-corrected chi connectivity index (χ4v) is 3.42. The molecular weight excluding hydrogens is 276 g/mol. The maximum Gasteiger partial charge on any atom is 0.257 e. The number of aromatic nitrogens is 3. The normalized spacial score (nSPS) is 16.0. The average molecular weight is 300 g/mol. The Bertz CT molecular complexity index is 643. The summed E-state index contributed by atoms with van der Waals surface area (Å²) in [5.74, 6) is 0.806. The number of hydrogen-bond acceptors (Lipinski definition) is 3. The largest absolute Gasteiger partial charge is 0.352 e. The van der Waals surface area contributed by atoms with Gasteiger partial charge in [-0.3, -0.25) is 4.79 Å². The van der Waals surface area contributed by atoms with Crippen LogP contribution in [-0.2, 0) is 0 Å². The van der Waals surface area contributed by atoms with Crippen LogP contribution in [0.4, 0.5) is 0 Å². The van der Waals surface area contributed by atoms with Crippen molar-refractivity contribution in [3.63, 3.8) is 0 Å². The first-order valence-corrected chi connectivity index (χ1v) is 8.34. The lowest BCUT2D eigenvalue weighted by Gasteiger charge is -2.21. The third-order valence-electron chi connectivity index (χ3n) is 4.60. The van der Waals surface area contributed by atoms with Crippen molar-refractivity contribution in [2.75, 3.05) is 6.54 Å². The fourth-order valence-electron chi connectivity index (χ4n) is 3.42. The summed E-state index contributed by atoms with van der Waals surface area (Å²) < 4.78 is 1.66. The van der Waals surface area contributed by atoms with Gasteiger partial charge >= 0.3 is 0 Å². The van der Waals surface area contributed by atoms with Crippen LogP contribution in [0.1, 0.15) is 61.0 Å². The molecule has 1 fully saturated rings. The molecular formula is C17H24N4O. The van der Waals surface area contributed by atoms with E-state index in [1.165, 1.54) is 38.5 Å². The first kappa shape index (κ1) is 15.0. The van der Waals surface area contributed by atoms with Gasteiger partial charge in [0, 0.05) is 18.9 Å². The van der Waals surface area contributed by atoms with Crippen LogP contribution in [0.2, 0.25) is 0 Å². The molecule has 118 valence electrons. The number of nitrogens with one attached hydrogen (secondary N) is 1. The molecule has 1 aliphatic rings. The second kappa shape index (κ2) is 6.90. The molecule has 5 heteroatoms. The van der Waals surface area contributed by atoms with E-state index in [9.17, 15) is 4.79 Å². The molecule has 2 heterocycles. The first-order valence-electron chi connectivity index (χ1n) is 8.34. The predicted octanol–water partition coefficient (Wildman–Crippen LogP) is 3.13. The molecule has 1 saturated carbocycles. The summed E-state index contributed by atoms with van der Waals surface area (Å²) in [4.78, 5) is 16.7. The Morgan fingerprint density at radius 2 is 2.18 bits per heavy atom. The lowest BCUT2D eigenvalue weighted by atomic mass is 9.86. The van der Waals surface area contributed by atoms with E-state index in [2.05, 4.69) is 15.4 Å². The zero-order valence-electron chi connectivity index (χ0n) is 13.2. The molecule has 0 radical (unpaired) electrons. The Morgan fingerprint density at radius 1 is 1.36 bits per heavy atom. The van der Waals surface area contributed by atoms with Crippen LogP contribution in [0.5, 0.6) is 0 Å². The summed E-state index contributed by atoms with van der Waals surface area (Å²) in [6.45, 7) is 2.59. The Morgan fingerprint density at radius 3 is 3.00 bits per heavy atom. The SMILES string of the molecule is Cc1nn2cccnc2c1C(=O)NCCCC1CCCCC1. The highest BCUT2D eigenvalue weighted by Gasteiger charge is 2.18. The Hall–Kier alpha value is -1.91. The molecule has 0 aliphatic heterocycles. The van der Waals surface area contributed by atoms with E-state index in [1.807, 2.05) is 19.2 Å². The van der Waals surface area contributed by atoms with Gasteiger partial charge in [-0.1, -0.05) is 32.1 Å². The molecule has 2 aromatic rings. The Labute approximate surface area is 131 Å². The average Bonchev–Trinajstić information content (AvgIpc) is 2.88. The Kier molecular flexibility index (Phi) is 4.71. The van der Waals surface area contributed by atoms with Crippen molar-refractivity contribution in [2.24, 2.45) is 5.92 Å². The number of aryl methyl sites for hydroxylation is 1. The molecule has 0 spiro atoms. The van der Waals surface area contributed by atoms with Gasteiger partial charge in [0.15, 0.2) is 5.65 Å². The molecule has 3 rings (SSSR count). The summed E-state index contributed by atoms with van der Waals surface area (Å²) in [5.41, 5.74) is 1.95. The number of hydrogen-bond donors (Lipinski definition) is 1. The molecule has 0 bridgehead atoms. The molecule has 22 heavy (non-hydrogen) atoms. The maximum atomic E-state index is 12.4. The van der Waals surface area contributed by atoms with E-state index in [-0.39, 0.29) is 5.91 Å². The lowest BCUT2D eigenvalue weighted by molar-refractivity contribution is 0.0953. The van der Waals surface area contributed by atoms with Gasteiger partial charge in [0.2, 0.25) is 0 Å². The summed E-state index contributed by atoms with van der Waals surface area (Å²) in [7, 11) is 0. The van der Waals surface area contributed by atoms with Crippen molar-refractivity contribution < 1.29 is 4.79 Å². The van der Waals surface area contributed by atoms with E-state index in [0.717, 1.165) is 24.6 Å².